The highest BCUT2D eigenvalue weighted by molar-refractivity contribution is 9.10. The van der Waals surface area contributed by atoms with Crippen molar-refractivity contribution >= 4 is 27.4 Å². The summed E-state index contributed by atoms with van der Waals surface area (Å²) in [5, 5.41) is 0. The number of hydrogen-bond acceptors (Lipinski definition) is 2. The van der Waals surface area contributed by atoms with E-state index in [9.17, 15) is 0 Å². The first-order valence-electron chi connectivity index (χ1n) is 5.68. The zero-order valence-corrected chi connectivity index (χ0v) is 10.6. The number of hydrogen-bond donors (Lipinski definition) is 1. The predicted molar refractivity (Wildman–Crippen MR) is 68.5 cm³/mol. The van der Waals surface area contributed by atoms with E-state index in [-0.39, 0.29) is 0 Å². The van der Waals surface area contributed by atoms with Gasteiger partial charge in [-0.05, 0) is 40.9 Å². The Kier molecular flexibility index (Phi) is 2.39. The standard InChI is InChI=1S/C12H14BrN3/c13-9-5-6-10-15-11(8-3-1-2-4-8)12(14)16(10)7-9/h5-8H,1-4,14H2. The molecule has 3 rings (SSSR count). The lowest BCUT2D eigenvalue weighted by Gasteiger charge is -2.05. The highest BCUT2D eigenvalue weighted by atomic mass is 79.9. The van der Waals surface area contributed by atoms with Crippen LogP contribution in [0.25, 0.3) is 5.65 Å². The van der Waals surface area contributed by atoms with Crippen LogP contribution in [0, 0.1) is 0 Å². The number of pyridine rings is 1. The van der Waals surface area contributed by atoms with Crippen molar-refractivity contribution < 1.29 is 0 Å². The zero-order valence-electron chi connectivity index (χ0n) is 8.99. The monoisotopic (exact) mass is 279 g/mol. The van der Waals surface area contributed by atoms with Crippen LogP contribution < -0.4 is 5.73 Å². The quantitative estimate of drug-likeness (QED) is 0.870. The number of aromatic nitrogens is 2. The van der Waals surface area contributed by atoms with E-state index in [1.54, 1.807) is 0 Å². The van der Waals surface area contributed by atoms with Gasteiger partial charge in [-0.3, -0.25) is 4.40 Å². The number of rotatable bonds is 1. The molecule has 1 aliphatic rings. The average Bonchev–Trinajstić information content (AvgIpc) is 2.87. The molecule has 3 nitrogen and oxygen atoms in total. The Balaban J connectivity index is 2.15. The number of fused-ring (bicyclic) bond motifs is 1. The minimum Gasteiger partial charge on any atom is -0.383 e. The van der Waals surface area contributed by atoms with Gasteiger partial charge in [0.25, 0.3) is 0 Å². The van der Waals surface area contributed by atoms with E-state index in [0.29, 0.717) is 5.92 Å². The number of nitrogens with two attached hydrogens (primary N) is 1. The summed E-state index contributed by atoms with van der Waals surface area (Å²) >= 11 is 3.46. The molecule has 1 aliphatic carbocycles. The Morgan fingerprint density at radius 2 is 2.06 bits per heavy atom. The van der Waals surface area contributed by atoms with Gasteiger partial charge in [-0.2, -0.15) is 0 Å². The van der Waals surface area contributed by atoms with Crippen LogP contribution in [-0.4, -0.2) is 9.38 Å². The van der Waals surface area contributed by atoms with Crippen LogP contribution in [0.4, 0.5) is 5.82 Å². The molecule has 0 radical (unpaired) electrons. The third-order valence-corrected chi connectivity index (χ3v) is 3.86. The molecule has 2 N–H and O–H groups in total. The topological polar surface area (TPSA) is 43.3 Å². The maximum absolute atomic E-state index is 6.17. The van der Waals surface area contributed by atoms with Crippen molar-refractivity contribution in [3.8, 4) is 0 Å². The van der Waals surface area contributed by atoms with Crippen molar-refractivity contribution in [2.75, 3.05) is 5.73 Å². The van der Waals surface area contributed by atoms with Crippen LogP contribution in [0.2, 0.25) is 0 Å². The van der Waals surface area contributed by atoms with E-state index < -0.39 is 0 Å². The molecular weight excluding hydrogens is 266 g/mol. The fraction of sp³-hybridized carbons (Fsp3) is 0.417. The van der Waals surface area contributed by atoms with Gasteiger partial charge in [-0.15, -0.1) is 0 Å². The molecule has 0 aliphatic heterocycles. The third kappa shape index (κ3) is 1.52. The fourth-order valence-electron chi connectivity index (χ4n) is 2.55. The third-order valence-electron chi connectivity index (χ3n) is 3.39. The maximum atomic E-state index is 6.17. The van der Waals surface area contributed by atoms with Crippen molar-refractivity contribution in [1.29, 1.82) is 0 Å². The van der Waals surface area contributed by atoms with Gasteiger partial charge in [0.05, 0.1) is 5.69 Å². The molecule has 2 heterocycles. The number of anilines is 1. The van der Waals surface area contributed by atoms with Gasteiger partial charge in [0.1, 0.15) is 11.5 Å². The first-order chi connectivity index (χ1) is 7.75. The smallest absolute Gasteiger partial charge is 0.138 e. The largest absolute Gasteiger partial charge is 0.383 e. The van der Waals surface area contributed by atoms with Crippen LogP contribution in [-0.2, 0) is 0 Å². The van der Waals surface area contributed by atoms with Crippen LogP contribution in [0.3, 0.4) is 0 Å². The maximum Gasteiger partial charge on any atom is 0.138 e. The molecule has 0 aromatic carbocycles. The number of halogens is 1. The van der Waals surface area contributed by atoms with Crippen LogP contribution in [0.1, 0.15) is 37.3 Å². The zero-order chi connectivity index (χ0) is 11.1. The second-order valence-corrected chi connectivity index (χ2v) is 5.35. The Bertz CT molecular complexity index is 526. The highest BCUT2D eigenvalue weighted by Gasteiger charge is 2.23. The Labute approximate surface area is 103 Å². The van der Waals surface area contributed by atoms with E-state index in [1.807, 2.05) is 22.7 Å². The van der Waals surface area contributed by atoms with E-state index >= 15 is 0 Å². The lowest BCUT2D eigenvalue weighted by Crippen LogP contribution is -1.99. The first kappa shape index (κ1) is 10.1. The lowest BCUT2D eigenvalue weighted by atomic mass is 10.0. The van der Waals surface area contributed by atoms with Crippen LogP contribution >= 0.6 is 15.9 Å². The molecular formula is C12H14BrN3. The van der Waals surface area contributed by atoms with Gasteiger partial charge >= 0.3 is 0 Å². The van der Waals surface area contributed by atoms with E-state index in [4.69, 9.17) is 5.73 Å². The van der Waals surface area contributed by atoms with Crippen molar-refractivity contribution in [2.24, 2.45) is 0 Å². The Hall–Kier alpha value is -1.03. The summed E-state index contributed by atoms with van der Waals surface area (Å²) in [5.74, 6) is 1.38. The molecule has 2 aromatic rings. The molecule has 16 heavy (non-hydrogen) atoms. The lowest BCUT2D eigenvalue weighted by molar-refractivity contribution is 0.706. The van der Waals surface area contributed by atoms with E-state index in [1.165, 1.54) is 25.7 Å². The molecule has 2 aromatic heterocycles. The number of imidazole rings is 1. The van der Waals surface area contributed by atoms with Crippen molar-refractivity contribution in [2.45, 2.75) is 31.6 Å². The summed E-state index contributed by atoms with van der Waals surface area (Å²) in [5.41, 5.74) is 8.21. The van der Waals surface area contributed by atoms with Gasteiger partial charge in [0, 0.05) is 16.6 Å². The number of nitrogen functional groups attached to an aromatic ring is 1. The van der Waals surface area contributed by atoms with Gasteiger partial charge in [0.2, 0.25) is 0 Å². The van der Waals surface area contributed by atoms with Crippen molar-refractivity contribution in [1.82, 2.24) is 9.38 Å². The van der Waals surface area contributed by atoms with Gasteiger partial charge in [-0.25, -0.2) is 4.98 Å². The summed E-state index contributed by atoms with van der Waals surface area (Å²) < 4.78 is 3.00. The average molecular weight is 280 g/mol. The summed E-state index contributed by atoms with van der Waals surface area (Å²) in [4.78, 5) is 4.65. The van der Waals surface area contributed by atoms with Crippen LogP contribution in [0.15, 0.2) is 22.8 Å². The van der Waals surface area contributed by atoms with Gasteiger partial charge in [0.15, 0.2) is 0 Å². The second kappa shape index (κ2) is 3.77. The van der Waals surface area contributed by atoms with Gasteiger partial charge < -0.3 is 5.73 Å². The van der Waals surface area contributed by atoms with Crippen LogP contribution in [0.5, 0.6) is 0 Å². The first-order valence-corrected chi connectivity index (χ1v) is 6.48. The molecule has 0 saturated heterocycles. The fourth-order valence-corrected chi connectivity index (χ4v) is 2.89. The molecule has 4 heteroatoms. The molecule has 0 bridgehead atoms. The summed E-state index contributed by atoms with van der Waals surface area (Å²) in [6.07, 6.45) is 7.06. The van der Waals surface area contributed by atoms with Crippen molar-refractivity contribution in [3.05, 3.63) is 28.5 Å². The summed E-state index contributed by atoms with van der Waals surface area (Å²) in [6, 6.07) is 4.00. The second-order valence-electron chi connectivity index (χ2n) is 4.44. The molecule has 0 amide bonds. The molecule has 84 valence electrons. The summed E-state index contributed by atoms with van der Waals surface area (Å²) in [7, 11) is 0. The summed E-state index contributed by atoms with van der Waals surface area (Å²) in [6.45, 7) is 0. The molecule has 0 unspecified atom stereocenters. The molecule has 0 atom stereocenters. The van der Waals surface area contributed by atoms with Crippen molar-refractivity contribution in [3.63, 3.8) is 0 Å². The Morgan fingerprint density at radius 3 is 2.81 bits per heavy atom. The SMILES string of the molecule is Nc1c(C2CCCC2)nc2ccc(Br)cn12. The number of nitrogens with zero attached hydrogens (tertiary/aromatic N) is 2. The Morgan fingerprint density at radius 1 is 1.31 bits per heavy atom. The predicted octanol–water partition coefficient (Wildman–Crippen LogP) is 3.34. The van der Waals surface area contributed by atoms with Gasteiger partial charge in [-0.1, -0.05) is 12.8 Å². The van der Waals surface area contributed by atoms with E-state index in [2.05, 4.69) is 20.9 Å². The minimum atomic E-state index is 0.568. The molecule has 0 spiro atoms. The molecule has 1 fully saturated rings. The van der Waals surface area contributed by atoms with E-state index in [0.717, 1.165) is 21.6 Å². The normalized spacial score (nSPS) is 17.3. The minimum absolute atomic E-state index is 0.568. The molecule has 1 saturated carbocycles. The highest BCUT2D eigenvalue weighted by Crippen LogP contribution is 2.36.